The Hall–Kier alpha value is -3.39. The molecule has 1 heterocycles. The van der Waals surface area contributed by atoms with Gasteiger partial charge in [0.05, 0.1) is 17.5 Å². The Kier molecular flexibility index (Phi) is 6.68. The van der Waals surface area contributed by atoms with Gasteiger partial charge in [0.15, 0.2) is 12.3 Å². The number of benzene rings is 2. The predicted octanol–water partition coefficient (Wildman–Crippen LogP) is 3.26. The number of aryl methyl sites for hydroxylation is 1. The van der Waals surface area contributed by atoms with Crippen LogP contribution in [0.15, 0.2) is 47.3 Å². The van der Waals surface area contributed by atoms with Crippen LogP contribution in [0.1, 0.15) is 23.8 Å². The van der Waals surface area contributed by atoms with E-state index in [0.717, 1.165) is 0 Å². The Bertz CT molecular complexity index is 1160. The molecule has 0 saturated carbocycles. The lowest BCUT2D eigenvalue weighted by molar-refractivity contribution is -0.119. The normalized spacial score (nSPS) is 10.6. The van der Waals surface area contributed by atoms with Gasteiger partial charge in [-0.25, -0.2) is 9.48 Å². The van der Waals surface area contributed by atoms with E-state index in [1.54, 1.807) is 36.4 Å². The van der Waals surface area contributed by atoms with Gasteiger partial charge in [0, 0.05) is 17.6 Å². The van der Waals surface area contributed by atoms with Gasteiger partial charge in [-0.15, -0.1) is 0 Å². The van der Waals surface area contributed by atoms with Crippen molar-refractivity contribution in [3.63, 3.8) is 0 Å². The average molecular weight is 430 g/mol. The van der Waals surface area contributed by atoms with E-state index in [2.05, 4.69) is 10.4 Å². The number of halogens is 1. The first-order valence-corrected chi connectivity index (χ1v) is 9.62. The van der Waals surface area contributed by atoms with Crippen LogP contribution >= 0.6 is 11.6 Å². The van der Waals surface area contributed by atoms with Crippen LogP contribution in [-0.4, -0.2) is 35.4 Å². The fourth-order valence-electron chi connectivity index (χ4n) is 2.89. The van der Waals surface area contributed by atoms with Crippen LogP contribution in [0, 0.1) is 0 Å². The quantitative estimate of drug-likeness (QED) is 0.578. The summed E-state index contributed by atoms with van der Waals surface area (Å²) in [5, 5.41) is 7.81. The van der Waals surface area contributed by atoms with Crippen molar-refractivity contribution >= 4 is 39.9 Å². The second-order valence-corrected chi connectivity index (χ2v) is 6.80. The highest BCUT2D eigenvalue weighted by Gasteiger charge is 2.19. The van der Waals surface area contributed by atoms with Crippen LogP contribution < -0.4 is 15.6 Å². The lowest BCUT2D eigenvalue weighted by atomic mass is 10.1. The summed E-state index contributed by atoms with van der Waals surface area (Å²) in [4.78, 5) is 37.3. The number of fused-ring (bicyclic) bond motifs is 1. The van der Waals surface area contributed by atoms with Crippen LogP contribution in [0.2, 0.25) is 5.02 Å². The fraction of sp³-hybridized carbons (Fsp3) is 0.238. The number of nitrogens with zero attached hydrogens (tertiary/aromatic N) is 2. The zero-order chi connectivity index (χ0) is 21.7. The molecule has 8 nitrogen and oxygen atoms in total. The average Bonchev–Trinajstić information content (AvgIpc) is 2.74. The molecule has 0 aliphatic rings. The molecule has 156 valence electrons. The third-order valence-corrected chi connectivity index (χ3v) is 4.56. The maximum absolute atomic E-state index is 12.6. The number of carbonyl (C=O) groups excluding carboxylic acids is 2. The minimum Gasteiger partial charge on any atom is -0.495 e. The van der Waals surface area contributed by atoms with Crippen LogP contribution in [-0.2, 0) is 16.1 Å². The molecule has 0 atom stereocenters. The minimum absolute atomic E-state index is 0.0149. The standard InChI is InChI=1S/C21H20ClN3O5/c1-3-10-25-20(27)15-7-5-4-6-14(15)19(24-25)21(28)30-12-18(26)23-13-8-9-17(29-2)16(22)11-13/h4-9,11H,3,10,12H2,1-2H3,(H,23,26). The molecule has 0 bridgehead atoms. The Morgan fingerprint density at radius 2 is 1.90 bits per heavy atom. The molecule has 0 radical (unpaired) electrons. The van der Waals surface area contributed by atoms with Crippen molar-refractivity contribution in [3.8, 4) is 5.75 Å². The molecule has 1 amide bonds. The number of amides is 1. The van der Waals surface area contributed by atoms with Crippen molar-refractivity contribution in [2.45, 2.75) is 19.9 Å². The topological polar surface area (TPSA) is 99.5 Å². The molecule has 1 N–H and O–H groups in total. The molecular formula is C21H20ClN3O5. The summed E-state index contributed by atoms with van der Waals surface area (Å²) in [5.41, 5.74) is 0.138. The van der Waals surface area contributed by atoms with Crippen molar-refractivity contribution in [1.29, 1.82) is 0 Å². The van der Waals surface area contributed by atoms with E-state index in [4.69, 9.17) is 21.1 Å². The van der Waals surface area contributed by atoms with E-state index >= 15 is 0 Å². The first kappa shape index (κ1) is 21.3. The van der Waals surface area contributed by atoms with Crippen LogP contribution in [0.5, 0.6) is 5.75 Å². The molecule has 30 heavy (non-hydrogen) atoms. The number of esters is 1. The van der Waals surface area contributed by atoms with Crippen molar-refractivity contribution in [2.24, 2.45) is 0 Å². The largest absolute Gasteiger partial charge is 0.495 e. The molecule has 1 aromatic heterocycles. The van der Waals surface area contributed by atoms with Crippen molar-refractivity contribution in [3.05, 3.63) is 63.5 Å². The second-order valence-electron chi connectivity index (χ2n) is 6.40. The maximum atomic E-state index is 12.6. The van der Waals surface area contributed by atoms with E-state index in [1.807, 2.05) is 6.92 Å². The zero-order valence-corrected chi connectivity index (χ0v) is 17.2. The highest BCUT2D eigenvalue weighted by atomic mass is 35.5. The van der Waals surface area contributed by atoms with Crippen molar-refractivity contribution in [1.82, 2.24) is 9.78 Å². The van der Waals surface area contributed by atoms with Gasteiger partial charge in [0.2, 0.25) is 0 Å². The molecular weight excluding hydrogens is 410 g/mol. The highest BCUT2D eigenvalue weighted by Crippen LogP contribution is 2.27. The lowest BCUT2D eigenvalue weighted by Crippen LogP contribution is -2.27. The van der Waals surface area contributed by atoms with E-state index in [-0.39, 0.29) is 11.3 Å². The summed E-state index contributed by atoms with van der Waals surface area (Å²) >= 11 is 6.03. The van der Waals surface area contributed by atoms with Gasteiger partial charge in [0.1, 0.15) is 5.75 Å². The SMILES string of the molecule is CCCn1nc(C(=O)OCC(=O)Nc2ccc(OC)c(Cl)c2)c2ccccc2c1=O. The molecule has 3 aromatic rings. The molecule has 0 fully saturated rings. The number of aromatic nitrogens is 2. The molecule has 0 spiro atoms. The van der Waals surface area contributed by atoms with E-state index in [0.29, 0.717) is 40.2 Å². The van der Waals surface area contributed by atoms with Gasteiger partial charge in [-0.05, 0) is 30.7 Å². The summed E-state index contributed by atoms with van der Waals surface area (Å²) in [6, 6.07) is 11.4. The summed E-state index contributed by atoms with van der Waals surface area (Å²) in [7, 11) is 1.49. The Morgan fingerprint density at radius 1 is 1.17 bits per heavy atom. The predicted molar refractivity (Wildman–Crippen MR) is 113 cm³/mol. The lowest BCUT2D eigenvalue weighted by Gasteiger charge is -2.11. The number of nitrogens with one attached hydrogen (secondary N) is 1. The van der Waals surface area contributed by atoms with Gasteiger partial charge in [-0.2, -0.15) is 5.10 Å². The molecule has 3 rings (SSSR count). The Morgan fingerprint density at radius 3 is 2.57 bits per heavy atom. The number of methoxy groups -OCH3 is 1. The van der Waals surface area contributed by atoms with Crippen LogP contribution in [0.25, 0.3) is 10.8 Å². The third-order valence-electron chi connectivity index (χ3n) is 4.27. The summed E-state index contributed by atoms with van der Waals surface area (Å²) in [5.74, 6) is -0.865. The zero-order valence-electron chi connectivity index (χ0n) is 16.5. The van der Waals surface area contributed by atoms with Crippen LogP contribution in [0.3, 0.4) is 0 Å². The number of hydrogen-bond donors (Lipinski definition) is 1. The van der Waals surface area contributed by atoms with Crippen molar-refractivity contribution < 1.29 is 19.1 Å². The fourth-order valence-corrected chi connectivity index (χ4v) is 3.15. The molecule has 2 aromatic carbocycles. The maximum Gasteiger partial charge on any atom is 0.359 e. The molecule has 9 heteroatoms. The smallest absolute Gasteiger partial charge is 0.359 e. The van der Waals surface area contributed by atoms with Gasteiger partial charge in [-0.1, -0.05) is 36.7 Å². The summed E-state index contributed by atoms with van der Waals surface area (Å²) < 4.78 is 11.4. The Balaban J connectivity index is 1.75. The van der Waals surface area contributed by atoms with E-state index in [1.165, 1.54) is 17.9 Å². The van der Waals surface area contributed by atoms with Crippen molar-refractivity contribution in [2.75, 3.05) is 19.0 Å². The molecule has 0 saturated heterocycles. The molecule has 0 aliphatic heterocycles. The highest BCUT2D eigenvalue weighted by molar-refractivity contribution is 6.32. The summed E-state index contributed by atoms with van der Waals surface area (Å²) in [6.07, 6.45) is 0.673. The number of carbonyl (C=O) groups is 2. The first-order chi connectivity index (χ1) is 14.4. The second kappa shape index (κ2) is 9.41. The molecule has 0 aliphatic carbocycles. The summed E-state index contributed by atoms with van der Waals surface area (Å²) in [6.45, 7) is 1.74. The minimum atomic E-state index is -0.793. The number of ether oxygens (including phenoxy) is 2. The molecule has 0 unspecified atom stereocenters. The number of rotatable bonds is 7. The van der Waals surface area contributed by atoms with Crippen LogP contribution in [0.4, 0.5) is 5.69 Å². The monoisotopic (exact) mass is 429 g/mol. The number of hydrogen-bond acceptors (Lipinski definition) is 6. The Labute approximate surface area is 177 Å². The number of anilines is 1. The van der Waals surface area contributed by atoms with Gasteiger partial charge in [-0.3, -0.25) is 9.59 Å². The third kappa shape index (κ3) is 4.60. The first-order valence-electron chi connectivity index (χ1n) is 9.25. The van der Waals surface area contributed by atoms with Gasteiger partial charge >= 0.3 is 5.97 Å². The van der Waals surface area contributed by atoms with E-state index in [9.17, 15) is 14.4 Å². The van der Waals surface area contributed by atoms with Gasteiger partial charge in [0.25, 0.3) is 11.5 Å². The van der Waals surface area contributed by atoms with E-state index < -0.39 is 18.5 Å². The van der Waals surface area contributed by atoms with Gasteiger partial charge < -0.3 is 14.8 Å².